The van der Waals surface area contributed by atoms with Gasteiger partial charge in [-0.1, -0.05) is 18.2 Å². The van der Waals surface area contributed by atoms with E-state index in [1.165, 1.54) is 5.56 Å². The third-order valence-electron chi connectivity index (χ3n) is 4.19. The van der Waals surface area contributed by atoms with Gasteiger partial charge in [-0.3, -0.25) is 0 Å². The van der Waals surface area contributed by atoms with E-state index in [9.17, 15) is 0 Å². The number of nitrogens with one attached hydrogen (secondary N) is 1. The molecule has 1 unspecified atom stereocenters. The van der Waals surface area contributed by atoms with Crippen molar-refractivity contribution in [2.24, 2.45) is 0 Å². The predicted octanol–water partition coefficient (Wildman–Crippen LogP) is 2.32. The molecule has 3 rings (SSSR count). The number of fused-ring (bicyclic) bond motifs is 1. The Morgan fingerprint density at radius 2 is 2.11 bits per heavy atom. The summed E-state index contributed by atoms with van der Waals surface area (Å²) in [4.78, 5) is 0. The van der Waals surface area contributed by atoms with Gasteiger partial charge in [0, 0.05) is 13.0 Å². The summed E-state index contributed by atoms with van der Waals surface area (Å²) in [6.07, 6.45) is 3.28. The second-order valence-corrected chi connectivity index (χ2v) is 5.43. The van der Waals surface area contributed by atoms with Gasteiger partial charge in [0.25, 0.3) is 0 Å². The Hall–Kier alpha value is -1.06. The molecule has 0 radical (unpaired) electrons. The molecule has 3 nitrogen and oxygen atoms in total. The van der Waals surface area contributed by atoms with Crippen LogP contribution in [0.15, 0.2) is 24.3 Å². The number of hydrogen-bond donors (Lipinski definition) is 1. The number of rotatable bonds is 2. The first kappa shape index (κ1) is 12.0. The number of methoxy groups -OCH3 is 1. The Labute approximate surface area is 108 Å². The Morgan fingerprint density at radius 1 is 1.33 bits per heavy atom. The van der Waals surface area contributed by atoms with Gasteiger partial charge in [-0.15, -0.1) is 0 Å². The van der Waals surface area contributed by atoms with E-state index in [1.807, 2.05) is 0 Å². The molecule has 1 saturated heterocycles. The van der Waals surface area contributed by atoms with Crippen LogP contribution in [0.3, 0.4) is 0 Å². The Bertz CT molecular complexity index is 413. The highest BCUT2D eigenvalue weighted by Gasteiger charge is 2.41. The third kappa shape index (κ3) is 2.13. The van der Waals surface area contributed by atoms with Crippen molar-refractivity contribution in [2.75, 3.05) is 26.8 Å². The van der Waals surface area contributed by atoms with Gasteiger partial charge in [0.05, 0.1) is 6.61 Å². The van der Waals surface area contributed by atoms with E-state index in [1.54, 1.807) is 7.11 Å². The average Bonchev–Trinajstić information content (AvgIpc) is 2.40. The number of hydrogen-bond acceptors (Lipinski definition) is 3. The highest BCUT2D eigenvalue weighted by atomic mass is 16.5. The normalized spacial score (nSPS) is 25.5. The van der Waals surface area contributed by atoms with Crippen molar-refractivity contribution >= 4 is 0 Å². The Kier molecular flexibility index (Phi) is 3.27. The van der Waals surface area contributed by atoms with E-state index in [0.29, 0.717) is 5.92 Å². The second kappa shape index (κ2) is 4.90. The maximum absolute atomic E-state index is 6.34. The summed E-state index contributed by atoms with van der Waals surface area (Å²) in [7, 11) is 1.78. The first-order valence-electron chi connectivity index (χ1n) is 6.81. The summed E-state index contributed by atoms with van der Waals surface area (Å²) in [5.41, 5.74) is 1.34. The fourth-order valence-corrected chi connectivity index (χ4v) is 3.28. The summed E-state index contributed by atoms with van der Waals surface area (Å²) in [6.45, 7) is 2.90. The first-order chi connectivity index (χ1) is 8.83. The lowest BCUT2D eigenvalue weighted by Gasteiger charge is -2.44. The average molecular weight is 247 g/mol. The van der Waals surface area contributed by atoms with Gasteiger partial charge in [0.1, 0.15) is 11.4 Å². The zero-order chi connectivity index (χ0) is 12.4. The van der Waals surface area contributed by atoms with Gasteiger partial charge in [0.2, 0.25) is 0 Å². The van der Waals surface area contributed by atoms with Crippen LogP contribution in [0.4, 0.5) is 0 Å². The lowest BCUT2D eigenvalue weighted by atomic mass is 9.78. The topological polar surface area (TPSA) is 30.5 Å². The highest BCUT2D eigenvalue weighted by molar-refractivity contribution is 5.39. The molecule has 3 heteroatoms. The van der Waals surface area contributed by atoms with Gasteiger partial charge in [-0.25, -0.2) is 0 Å². The molecule has 0 bridgehead atoms. The molecule has 0 aromatic heterocycles. The largest absolute Gasteiger partial charge is 0.487 e. The molecular weight excluding hydrogens is 226 g/mol. The van der Waals surface area contributed by atoms with Crippen molar-refractivity contribution in [1.82, 2.24) is 5.32 Å². The van der Waals surface area contributed by atoms with Crippen molar-refractivity contribution in [3.05, 3.63) is 29.8 Å². The summed E-state index contributed by atoms with van der Waals surface area (Å²) in [6, 6.07) is 8.42. The van der Waals surface area contributed by atoms with Gasteiger partial charge >= 0.3 is 0 Å². The van der Waals surface area contributed by atoms with Gasteiger partial charge in [-0.2, -0.15) is 0 Å². The number of benzene rings is 1. The van der Waals surface area contributed by atoms with E-state index in [0.717, 1.165) is 44.7 Å². The lowest BCUT2D eigenvalue weighted by molar-refractivity contribution is -0.00312. The van der Waals surface area contributed by atoms with Crippen LogP contribution in [0.2, 0.25) is 0 Å². The standard InChI is InChI=1S/C15H21NO2/c1-17-11-12-10-15(6-8-16-9-7-15)18-14-5-3-2-4-13(12)14/h2-5,12,16H,6-11H2,1H3. The van der Waals surface area contributed by atoms with E-state index in [2.05, 4.69) is 29.6 Å². The molecular formula is C15H21NO2. The van der Waals surface area contributed by atoms with Gasteiger partial charge < -0.3 is 14.8 Å². The predicted molar refractivity (Wildman–Crippen MR) is 71.1 cm³/mol. The van der Waals surface area contributed by atoms with Crippen LogP contribution in [0.25, 0.3) is 0 Å². The molecule has 1 N–H and O–H groups in total. The van der Waals surface area contributed by atoms with Crippen LogP contribution in [0.1, 0.15) is 30.7 Å². The quantitative estimate of drug-likeness (QED) is 0.870. The maximum atomic E-state index is 6.34. The second-order valence-electron chi connectivity index (χ2n) is 5.43. The minimum absolute atomic E-state index is 0.0306. The molecule has 0 amide bonds. The monoisotopic (exact) mass is 247 g/mol. The molecule has 1 aromatic rings. The van der Waals surface area contributed by atoms with E-state index >= 15 is 0 Å². The van der Waals surface area contributed by atoms with Crippen molar-refractivity contribution in [2.45, 2.75) is 30.8 Å². The number of piperidine rings is 1. The SMILES string of the molecule is COCC1CC2(CCNCC2)Oc2ccccc21. The molecule has 18 heavy (non-hydrogen) atoms. The zero-order valence-corrected chi connectivity index (χ0v) is 10.9. The third-order valence-corrected chi connectivity index (χ3v) is 4.19. The summed E-state index contributed by atoms with van der Waals surface area (Å²) < 4.78 is 11.7. The maximum Gasteiger partial charge on any atom is 0.123 e. The molecule has 2 aliphatic rings. The van der Waals surface area contributed by atoms with Crippen LogP contribution in [-0.4, -0.2) is 32.4 Å². The minimum Gasteiger partial charge on any atom is -0.487 e. The molecule has 98 valence electrons. The van der Waals surface area contributed by atoms with Crippen molar-refractivity contribution in [3.63, 3.8) is 0 Å². The molecule has 2 heterocycles. The molecule has 1 fully saturated rings. The Balaban J connectivity index is 1.91. The van der Waals surface area contributed by atoms with Crippen molar-refractivity contribution in [1.29, 1.82) is 0 Å². The van der Waals surface area contributed by atoms with Crippen LogP contribution in [-0.2, 0) is 4.74 Å². The lowest BCUT2D eigenvalue weighted by Crippen LogP contribution is -2.49. The fraction of sp³-hybridized carbons (Fsp3) is 0.600. The van der Waals surface area contributed by atoms with E-state index in [4.69, 9.17) is 9.47 Å². The molecule has 2 aliphatic heterocycles. The van der Waals surface area contributed by atoms with Crippen LogP contribution < -0.4 is 10.1 Å². The van der Waals surface area contributed by atoms with E-state index in [-0.39, 0.29) is 5.60 Å². The Morgan fingerprint density at radius 3 is 2.89 bits per heavy atom. The summed E-state index contributed by atoms with van der Waals surface area (Å²) >= 11 is 0. The molecule has 0 saturated carbocycles. The minimum atomic E-state index is 0.0306. The van der Waals surface area contributed by atoms with Crippen LogP contribution in [0, 0.1) is 0 Å². The highest BCUT2D eigenvalue weighted by Crippen LogP contribution is 2.44. The van der Waals surface area contributed by atoms with Crippen LogP contribution >= 0.6 is 0 Å². The smallest absolute Gasteiger partial charge is 0.123 e. The molecule has 1 atom stereocenters. The molecule has 1 spiro atoms. The fourth-order valence-electron chi connectivity index (χ4n) is 3.28. The summed E-state index contributed by atoms with van der Waals surface area (Å²) in [5.74, 6) is 1.53. The molecule has 0 aliphatic carbocycles. The molecule has 1 aromatic carbocycles. The van der Waals surface area contributed by atoms with Gasteiger partial charge in [-0.05, 0) is 44.0 Å². The van der Waals surface area contributed by atoms with Gasteiger partial charge in [0.15, 0.2) is 0 Å². The number of ether oxygens (including phenoxy) is 2. The van der Waals surface area contributed by atoms with Crippen molar-refractivity contribution < 1.29 is 9.47 Å². The van der Waals surface area contributed by atoms with Crippen LogP contribution in [0.5, 0.6) is 5.75 Å². The first-order valence-corrected chi connectivity index (χ1v) is 6.81. The summed E-state index contributed by atoms with van der Waals surface area (Å²) in [5, 5.41) is 3.42. The van der Waals surface area contributed by atoms with Crippen molar-refractivity contribution in [3.8, 4) is 5.75 Å². The van der Waals surface area contributed by atoms with E-state index < -0.39 is 0 Å². The zero-order valence-electron chi connectivity index (χ0n) is 10.9. The number of para-hydroxylation sites is 1.